The maximum Gasteiger partial charge on any atom is 0.234 e. The average Bonchev–Trinajstić information content (AvgIpc) is 3.66. The molecule has 0 unspecified atom stereocenters. The number of carbonyl (C=O) groups is 2. The lowest BCUT2D eigenvalue weighted by atomic mass is 10.0. The molecule has 6 aromatic rings. The van der Waals surface area contributed by atoms with Gasteiger partial charge in [-0.25, -0.2) is 9.97 Å². The lowest BCUT2D eigenvalue weighted by molar-refractivity contribution is -0.114. The molecule has 0 saturated heterocycles. The molecule has 0 fully saturated rings. The first kappa shape index (κ1) is 33.4. The van der Waals surface area contributed by atoms with Crippen molar-refractivity contribution in [1.82, 2.24) is 9.97 Å². The van der Waals surface area contributed by atoms with E-state index in [-0.39, 0.29) is 23.3 Å². The second kappa shape index (κ2) is 15.1. The summed E-state index contributed by atoms with van der Waals surface area (Å²) in [5, 5.41) is 7.14. The highest BCUT2D eigenvalue weighted by Gasteiger charge is 2.14. The van der Waals surface area contributed by atoms with Crippen LogP contribution in [0.5, 0.6) is 11.5 Å². The fourth-order valence-corrected chi connectivity index (χ4v) is 8.67. The highest BCUT2D eigenvalue weighted by molar-refractivity contribution is 8.02. The predicted molar refractivity (Wildman–Crippen MR) is 197 cm³/mol. The van der Waals surface area contributed by atoms with Crippen molar-refractivity contribution < 1.29 is 19.1 Å². The number of fused-ring (bicyclic) bond motifs is 2. The number of hydrogen-bond donors (Lipinski definition) is 2. The van der Waals surface area contributed by atoms with E-state index < -0.39 is 0 Å². The van der Waals surface area contributed by atoms with Crippen LogP contribution in [0.2, 0.25) is 10.0 Å². The molecule has 0 radical (unpaired) electrons. The second-order valence-corrected chi connectivity index (χ2v) is 15.5. The van der Waals surface area contributed by atoms with Crippen molar-refractivity contribution in [3.8, 4) is 11.5 Å². The van der Waals surface area contributed by atoms with Crippen molar-refractivity contribution in [2.45, 2.75) is 15.1 Å². The third-order valence-corrected chi connectivity index (χ3v) is 11.6. The summed E-state index contributed by atoms with van der Waals surface area (Å²) in [6.45, 7) is 0. The number of rotatable bonds is 12. The average molecular weight is 742 g/mol. The van der Waals surface area contributed by atoms with E-state index in [0.29, 0.717) is 39.3 Å². The Balaban J connectivity index is 1.04. The van der Waals surface area contributed by atoms with Gasteiger partial charge in [0.2, 0.25) is 11.8 Å². The monoisotopic (exact) mass is 740 g/mol. The minimum absolute atomic E-state index is 0.163. The van der Waals surface area contributed by atoms with Gasteiger partial charge in [0.15, 0.2) is 8.68 Å². The standard InChI is InChI=1S/C33H26Cl2N4O4S4/c1-42-26-12-18(3-7-22(26)36-30(40)16-44-32-38-24-14-20(34)5-9-28(24)46-32)11-19-4-8-23(27(13-19)43-2)37-31(41)17-45-33-39-25-15-21(35)6-10-29(25)47-33/h3-10,12-15H,11,16-17H2,1-2H3,(H,36,40)(H,37,41). The number of benzene rings is 4. The zero-order chi connectivity index (χ0) is 32.9. The number of carbonyl (C=O) groups excluding carboxylic acids is 2. The van der Waals surface area contributed by atoms with Crippen LogP contribution in [0.3, 0.4) is 0 Å². The minimum Gasteiger partial charge on any atom is -0.495 e. The SMILES string of the molecule is COc1cc(Cc2ccc(NC(=O)CSc3nc4cc(Cl)ccc4s3)c(OC)c2)ccc1NC(=O)CSc1nc2cc(Cl)ccc2s1. The van der Waals surface area contributed by atoms with Gasteiger partial charge in [0.05, 0.1) is 57.5 Å². The zero-order valence-electron chi connectivity index (χ0n) is 25.0. The van der Waals surface area contributed by atoms with Gasteiger partial charge in [-0.05, 0) is 78.2 Å². The molecule has 2 N–H and O–H groups in total. The molecule has 0 bridgehead atoms. The summed E-state index contributed by atoms with van der Waals surface area (Å²) < 4.78 is 14.8. The Hall–Kier alpha value is -3.52. The smallest absolute Gasteiger partial charge is 0.234 e. The maximum absolute atomic E-state index is 12.8. The Kier molecular flexibility index (Phi) is 10.8. The van der Waals surface area contributed by atoms with E-state index in [0.717, 1.165) is 40.2 Å². The van der Waals surface area contributed by atoms with Crippen LogP contribution in [0.4, 0.5) is 11.4 Å². The van der Waals surface area contributed by atoms with Gasteiger partial charge in [-0.3, -0.25) is 9.59 Å². The molecule has 0 atom stereocenters. The summed E-state index contributed by atoms with van der Waals surface area (Å²) in [4.78, 5) is 34.6. The van der Waals surface area contributed by atoms with E-state index >= 15 is 0 Å². The molecule has 2 aromatic heterocycles. The first-order valence-electron chi connectivity index (χ1n) is 14.1. The molecule has 0 aliphatic rings. The van der Waals surface area contributed by atoms with Gasteiger partial charge in [0.25, 0.3) is 0 Å². The van der Waals surface area contributed by atoms with Crippen LogP contribution in [-0.4, -0.2) is 47.5 Å². The summed E-state index contributed by atoms with van der Waals surface area (Å²) >= 11 is 17.9. The van der Waals surface area contributed by atoms with Crippen LogP contribution in [0.15, 0.2) is 81.5 Å². The molecule has 2 heterocycles. The van der Waals surface area contributed by atoms with Crippen LogP contribution in [-0.2, 0) is 16.0 Å². The van der Waals surface area contributed by atoms with Crippen molar-refractivity contribution in [3.05, 3.63) is 94.0 Å². The highest BCUT2D eigenvalue weighted by Crippen LogP contribution is 2.34. The van der Waals surface area contributed by atoms with Gasteiger partial charge in [-0.1, -0.05) is 58.9 Å². The van der Waals surface area contributed by atoms with Crippen molar-refractivity contribution in [3.63, 3.8) is 0 Å². The second-order valence-electron chi connectivity index (χ2n) is 10.1. The quantitative estimate of drug-likeness (QED) is 0.120. The van der Waals surface area contributed by atoms with Crippen LogP contribution < -0.4 is 20.1 Å². The van der Waals surface area contributed by atoms with Gasteiger partial charge in [-0.2, -0.15) is 0 Å². The van der Waals surface area contributed by atoms with Gasteiger partial charge in [0.1, 0.15) is 11.5 Å². The Labute approximate surface area is 297 Å². The summed E-state index contributed by atoms with van der Waals surface area (Å²) in [7, 11) is 3.14. The molecule has 0 spiro atoms. The molecular formula is C33H26Cl2N4O4S4. The number of ether oxygens (including phenoxy) is 2. The summed E-state index contributed by atoms with van der Waals surface area (Å²) in [6.07, 6.45) is 0.587. The number of amides is 2. The summed E-state index contributed by atoms with van der Waals surface area (Å²) in [5.41, 5.74) is 4.77. The van der Waals surface area contributed by atoms with Crippen LogP contribution >= 0.6 is 69.4 Å². The molecule has 47 heavy (non-hydrogen) atoms. The number of aromatic nitrogens is 2. The molecule has 0 saturated carbocycles. The number of nitrogens with one attached hydrogen (secondary N) is 2. The summed E-state index contributed by atoms with van der Waals surface area (Å²) in [6, 6.07) is 22.5. The van der Waals surface area contributed by atoms with Crippen molar-refractivity contribution in [1.29, 1.82) is 0 Å². The lowest BCUT2D eigenvalue weighted by Gasteiger charge is -2.14. The molecule has 240 valence electrons. The van der Waals surface area contributed by atoms with Crippen molar-refractivity contribution >= 4 is 113 Å². The van der Waals surface area contributed by atoms with Crippen LogP contribution in [0, 0.1) is 0 Å². The van der Waals surface area contributed by atoms with Gasteiger partial charge >= 0.3 is 0 Å². The Morgan fingerprint density at radius 2 is 1.13 bits per heavy atom. The molecule has 8 nitrogen and oxygen atoms in total. The fraction of sp³-hybridized carbons (Fsp3) is 0.152. The molecule has 4 aromatic carbocycles. The number of anilines is 2. The largest absolute Gasteiger partial charge is 0.495 e. The van der Waals surface area contributed by atoms with E-state index in [4.69, 9.17) is 32.7 Å². The number of halogens is 2. The molecule has 6 rings (SSSR count). The fourth-order valence-electron chi connectivity index (χ4n) is 4.64. The number of hydrogen-bond acceptors (Lipinski definition) is 10. The Morgan fingerprint density at radius 3 is 1.55 bits per heavy atom. The summed E-state index contributed by atoms with van der Waals surface area (Å²) in [5.74, 6) is 1.20. The van der Waals surface area contributed by atoms with E-state index in [1.165, 1.54) is 46.2 Å². The van der Waals surface area contributed by atoms with E-state index in [2.05, 4.69) is 20.6 Å². The van der Waals surface area contributed by atoms with Gasteiger partial charge < -0.3 is 20.1 Å². The molecule has 0 aliphatic heterocycles. The maximum atomic E-state index is 12.8. The highest BCUT2D eigenvalue weighted by atomic mass is 35.5. The van der Waals surface area contributed by atoms with Gasteiger partial charge in [-0.15, -0.1) is 22.7 Å². The van der Waals surface area contributed by atoms with Crippen molar-refractivity contribution in [2.24, 2.45) is 0 Å². The molecule has 2 amide bonds. The first-order valence-corrected chi connectivity index (χ1v) is 18.4. The molecular weight excluding hydrogens is 716 g/mol. The third kappa shape index (κ3) is 8.50. The van der Waals surface area contributed by atoms with E-state index in [1.807, 2.05) is 72.8 Å². The number of methoxy groups -OCH3 is 2. The predicted octanol–water partition coefficient (Wildman–Crippen LogP) is 9.28. The van der Waals surface area contributed by atoms with Crippen molar-refractivity contribution in [2.75, 3.05) is 36.4 Å². The Morgan fingerprint density at radius 1 is 0.681 bits per heavy atom. The Bertz CT molecular complexity index is 1960. The van der Waals surface area contributed by atoms with Crippen LogP contribution in [0.1, 0.15) is 11.1 Å². The number of nitrogens with zero attached hydrogens (tertiary/aromatic N) is 2. The normalized spacial score (nSPS) is 11.1. The lowest BCUT2D eigenvalue weighted by Crippen LogP contribution is -2.15. The zero-order valence-corrected chi connectivity index (χ0v) is 29.7. The number of thioether (sulfide) groups is 2. The number of thiazole rings is 2. The third-order valence-electron chi connectivity index (χ3n) is 6.80. The topological polar surface area (TPSA) is 102 Å². The van der Waals surface area contributed by atoms with E-state index in [1.54, 1.807) is 14.2 Å². The first-order chi connectivity index (χ1) is 22.8. The van der Waals surface area contributed by atoms with E-state index in [9.17, 15) is 9.59 Å². The van der Waals surface area contributed by atoms with Crippen LogP contribution in [0.25, 0.3) is 20.4 Å². The molecule has 14 heteroatoms. The molecule has 0 aliphatic carbocycles. The minimum atomic E-state index is -0.163. The van der Waals surface area contributed by atoms with Gasteiger partial charge in [0, 0.05) is 10.0 Å².